The van der Waals surface area contributed by atoms with Crippen LogP contribution in [0.15, 0.2) is 89.8 Å². The van der Waals surface area contributed by atoms with Crippen LogP contribution in [0.25, 0.3) is 10.8 Å². The molecule has 0 atom stereocenters. The molecule has 4 aromatic carbocycles. The van der Waals surface area contributed by atoms with E-state index in [1.807, 2.05) is 36.4 Å². The van der Waals surface area contributed by atoms with Gasteiger partial charge in [-0.25, -0.2) is 9.59 Å². The van der Waals surface area contributed by atoms with Crippen molar-refractivity contribution in [2.24, 2.45) is 0 Å². The average Bonchev–Trinajstić information content (AvgIpc) is 2.83. The van der Waals surface area contributed by atoms with Gasteiger partial charge in [0.05, 0.1) is 7.11 Å². The van der Waals surface area contributed by atoms with Gasteiger partial charge < -0.3 is 19.6 Å². The quantitative estimate of drug-likeness (QED) is 0.279. The maximum Gasteiger partial charge on any atom is 0.341 e. The molecule has 0 aromatic heterocycles. The Kier molecular flexibility index (Phi) is 6.70. The molecule has 0 aliphatic rings. The first-order valence-electron chi connectivity index (χ1n) is 10.6. The highest BCUT2D eigenvalue weighted by atomic mass is 32.2. The predicted octanol–water partition coefficient (Wildman–Crippen LogP) is 5.35. The van der Waals surface area contributed by atoms with E-state index in [9.17, 15) is 18.0 Å². The number of urea groups is 1. The van der Waals surface area contributed by atoms with Crippen LogP contribution in [0.1, 0.15) is 15.9 Å². The molecule has 9 heteroatoms. The minimum absolute atomic E-state index is 0.0688. The Hall–Kier alpha value is -4.37. The average molecular weight is 491 g/mol. The lowest BCUT2D eigenvalue weighted by molar-refractivity contribution is 0.0599. The van der Waals surface area contributed by atoms with Crippen LogP contribution in [-0.4, -0.2) is 27.5 Å². The lowest BCUT2D eigenvalue weighted by atomic mass is 10.1. The van der Waals surface area contributed by atoms with Gasteiger partial charge in [-0.1, -0.05) is 42.5 Å². The highest BCUT2D eigenvalue weighted by molar-refractivity contribution is 7.87. The summed E-state index contributed by atoms with van der Waals surface area (Å²) in [4.78, 5) is 24.7. The van der Waals surface area contributed by atoms with E-state index >= 15 is 0 Å². The molecular formula is C26H22N2O6S. The number of aryl methyl sites for hydroxylation is 1. The van der Waals surface area contributed by atoms with Crippen molar-refractivity contribution in [3.8, 4) is 5.75 Å². The van der Waals surface area contributed by atoms with Crippen LogP contribution < -0.4 is 14.8 Å². The van der Waals surface area contributed by atoms with Crippen molar-refractivity contribution in [3.05, 3.63) is 96.1 Å². The van der Waals surface area contributed by atoms with Crippen molar-refractivity contribution in [2.75, 3.05) is 17.7 Å². The highest BCUT2D eigenvalue weighted by Gasteiger charge is 2.22. The van der Waals surface area contributed by atoms with Gasteiger partial charge in [0, 0.05) is 17.4 Å². The van der Waals surface area contributed by atoms with Crippen molar-refractivity contribution < 1.29 is 26.9 Å². The molecule has 0 spiro atoms. The van der Waals surface area contributed by atoms with Crippen molar-refractivity contribution in [1.82, 2.24) is 0 Å². The van der Waals surface area contributed by atoms with E-state index in [1.54, 1.807) is 25.1 Å². The van der Waals surface area contributed by atoms with Gasteiger partial charge in [-0.05, 0) is 59.7 Å². The number of anilines is 2. The first kappa shape index (κ1) is 23.8. The summed E-state index contributed by atoms with van der Waals surface area (Å²) in [7, 11) is -3.08. The van der Waals surface area contributed by atoms with E-state index in [0.29, 0.717) is 5.69 Å². The zero-order valence-corrected chi connectivity index (χ0v) is 19.8. The lowest BCUT2D eigenvalue weighted by Crippen LogP contribution is -2.20. The molecule has 0 unspecified atom stereocenters. The summed E-state index contributed by atoms with van der Waals surface area (Å²) >= 11 is 0. The van der Waals surface area contributed by atoms with Crippen LogP contribution >= 0.6 is 0 Å². The summed E-state index contributed by atoms with van der Waals surface area (Å²) in [6.07, 6.45) is 0. The molecule has 178 valence electrons. The van der Waals surface area contributed by atoms with Gasteiger partial charge in [0.2, 0.25) is 0 Å². The van der Waals surface area contributed by atoms with Crippen LogP contribution in [0, 0.1) is 6.92 Å². The minimum atomic E-state index is -4.25. The summed E-state index contributed by atoms with van der Waals surface area (Å²) < 4.78 is 35.7. The molecule has 0 fully saturated rings. The molecule has 35 heavy (non-hydrogen) atoms. The van der Waals surface area contributed by atoms with E-state index in [2.05, 4.69) is 10.6 Å². The Labute approximate surface area is 202 Å². The molecule has 0 bridgehead atoms. The SMILES string of the molecule is COC(=O)c1ccc(NC(=O)Nc2ccc3ccccc3c2)cc1OS(=O)(=O)c1cccc(C)c1. The van der Waals surface area contributed by atoms with Crippen LogP contribution in [0.5, 0.6) is 5.75 Å². The number of nitrogens with one attached hydrogen (secondary N) is 2. The fraction of sp³-hybridized carbons (Fsp3) is 0.0769. The normalized spacial score (nSPS) is 11.0. The molecular weight excluding hydrogens is 468 g/mol. The van der Waals surface area contributed by atoms with Crippen LogP contribution in [0.4, 0.5) is 16.2 Å². The smallest absolute Gasteiger partial charge is 0.341 e. The highest BCUT2D eigenvalue weighted by Crippen LogP contribution is 2.28. The Bertz CT molecular complexity index is 1530. The lowest BCUT2D eigenvalue weighted by Gasteiger charge is -2.13. The van der Waals surface area contributed by atoms with Crippen LogP contribution in [0.2, 0.25) is 0 Å². The molecule has 4 rings (SSSR count). The molecule has 0 aliphatic heterocycles. The minimum Gasteiger partial charge on any atom is -0.465 e. The molecule has 2 N–H and O–H groups in total. The maximum absolute atomic E-state index is 12.8. The van der Waals surface area contributed by atoms with E-state index in [1.165, 1.54) is 37.4 Å². The third kappa shape index (κ3) is 5.59. The van der Waals surface area contributed by atoms with E-state index in [4.69, 9.17) is 8.92 Å². The number of fused-ring (bicyclic) bond motifs is 1. The van der Waals surface area contributed by atoms with Gasteiger partial charge in [0.15, 0.2) is 5.75 Å². The molecule has 0 radical (unpaired) electrons. The molecule has 8 nitrogen and oxygen atoms in total. The first-order valence-corrected chi connectivity index (χ1v) is 12.0. The van der Waals surface area contributed by atoms with Crippen molar-refractivity contribution >= 4 is 44.3 Å². The third-order valence-electron chi connectivity index (χ3n) is 5.13. The van der Waals surface area contributed by atoms with E-state index < -0.39 is 22.1 Å². The first-order chi connectivity index (χ1) is 16.7. The van der Waals surface area contributed by atoms with Crippen molar-refractivity contribution in [1.29, 1.82) is 0 Å². The summed E-state index contributed by atoms with van der Waals surface area (Å²) in [6, 6.07) is 22.8. The number of carbonyl (C=O) groups is 2. The van der Waals surface area contributed by atoms with Crippen molar-refractivity contribution in [3.63, 3.8) is 0 Å². The van der Waals surface area contributed by atoms with Crippen LogP contribution in [-0.2, 0) is 14.9 Å². The number of hydrogen-bond acceptors (Lipinski definition) is 6. The number of ether oxygens (including phenoxy) is 1. The number of hydrogen-bond donors (Lipinski definition) is 2. The van der Waals surface area contributed by atoms with Gasteiger partial charge in [-0.3, -0.25) is 0 Å². The Balaban J connectivity index is 1.58. The third-order valence-corrected chi connectivity index (χ3v) is 6.36. The molecule has 0 heterocycles. The fourth-order valence-electron chi connectivity index (χ4n) is 3.45. The maximum atomic E-state index is 12.8. The number of benzene rings is 4. The van der Waals surface area contributed by atoms with Gasteiger partial charge >= 0.3 is 22.1 Å². The molecule has 0 saturated carbocycles. The summed E-state index contributed by atoms with van der Waals surface area (Å²) in [6.45, 7) is 1.75. The van der Waals surface area contributed by atoms with Crippen molar-refractivity contribution in [2.45, 2.75) is 11.8 Å². The van der Waals surface area contributed by atoms with Gasteiger partial charge in [-0.2, -0.15) is 8.42 Å². The van der Waals surface area contributed by atoms with Gasteiger partial charge in [-0.15, -0.1) is 0 Å². The van der Waals surface area contributed by atoms with Gasteiger partial charge in [0.25, 0.3) is 0 Å². The molecule has 2 amide bonds. The molecule has 4 aromatic rings. The number of rotatable bonds is 6. The van der Waals surface area contributed by atoms with Crippen LogP contribution in [0.3, 0.4) is 0 Å². The Morgan fingerprint density at radius 1 is 0.771 bits per heavy atom. The summed E-state index contributed by atoms with van der Waals surface area (Å²) in [5, 5.41) is 7.35. The second kappa shape index (κ2) is 9.86. The largest absolute Gasteiger partial charge is 0.465 e. The predicted molar refractivity (Wildman–Crippen MR) is 133 cm³/mol. The second-order valence-electron chi connectivity index (χ2n) is 7.70. The fourth-order valence-corrected chi connectivity index (χ4v) is 4.49. The summed E-state index contributed by atoms with van der Waals surface area (Å²) in [5.41, 5.74) is 1.41. The number of esters is 1. The van der Waals surface area contributed by atoms with E-state index in [0.717, 1.165) is 16.3 Å². The topological polar surface area (TPSA) is 111 Å². The standard InChI is InChI=1S/C26H22N2O6S/c1-17-6-5-9-22(14-17)35(31,32)34-24-16-21(12-13-23(24)25(29)33-2)28-26(30)27-20-11-10-18-7-3-4-8-19(18)15-20/h3-16H,1-2H3,(H2,27,28,30). The Morgan fingerprint density at radius 3 is 2.17 bits per heavy atom. The number of amides is 2. The monoisotopic (exact) mass is 490 g/mol. The van der Waals surface area contributed by atoms with Gasteiger partial charge in [0.1, 0.15) is 10.5 Å². The van der Waals surface area contributed by atoms with E-state index in [-0.39, 0.29) is 21.9 Å². The molecule has 0 saturated heterocycles. The zero-order valence-electron chi connectivity index (χ0n) is 18.9. The zero-order chi connectivity index (χ0) is 25.0. The number of methoxy groups -OCH3 is 1. The molecule has 0 aliphatic carbocycles. The second-order valence-corrected chi connectivity index (χ2v) is 9.24. The summed E-state index contributed by atoms with van der Waals surface area (Å²) in [5.74, 6) is -1.06. The number of carbonyl (C=O) groups excluding carboxylic acids is 2. The Morgan fingerprint density at radius 2 is 1.46 bits per heavy atom.